The van der Waals surface area contributed by atoms with Crippen molar-refractivity contribution in [3.63, 3.8) is 0 Å². The van der Waals surface area contributed by atoms with Crippen LogP contribution in [0, 0.1) is 0 Å². The fraction of sp³-hybridized carbons (Fsp3) is 0.227. The van der Waals surface area contributed by atoms with E-state index in [-0.39, 0.29) is 5.78 Å². The first-order valence-corrected chi connectivity index (χ1v) is 9.19. The van der Waals surface area contributed by atoms with Crippen molar-refractivity contribution in [1.29, 1.82) is 0 Å². The van der Waals surface area contributed by atoms with E-state index in [1.807, 2.05) is 18.2 Å². The largest absolute Gasteiger partial charge is 0.340 e. The number of anilines is 4. The fourth-order valence-electron chi connectivity index (χ4n) is 2.94. The SMILES string of the molecule is CCc1cccc(CC)c1Nc1nccc(Nc2ccc(C(C)=O)cc2)n1. The Morgan fingerprint density at radius 2 is 1.59 bits per heavy atom. The van der Waals surface area contributed by atoms with Crippen LogP contribution in [-0.2, 0) is 12.8 Å². The number of hydrogen-bond donors (Lipinski definition) is 2. The highest BCUT2D eigenvalue weighted by atomic mass is 16.1. The van der Waals surface area contributed by atoms with Crippen molar-refractivity contribution in [3.05, 3.63) is 71.4 Å². The van der Waals surface area contributed by atoms with Gasteiger partial charge in [0.25, 0.3) is 0 Å². The molecular weight excluding hydrogens is 336 g/mol. The highest BCUT2D eigenvalue weighted by Crippen LogP contribution is 2.26. The number of aryl methyl sites for hydroxylation is 2. The molecule has 5 nitrogen and oxygen atoms in total. The molecule has 1 aromatic heterocycles. The van der Waals surface area contributed by atoms with Gasteiger partial charge in [0.1, 0.15) is 5.82 Å². The number of Topliss-reactive ketones (excluding diaryl/α,β-unsaturated/α-hetero) is 1. The second-order valence-corrected chi connectivity index (χ2v) is 6.31. The van der Waals surface area contributed by atoms with E-state index in [1.54, 1.807) is 25.3 Å². The predicted octanol–water partition coefficient (Wildman–Crippen LogP) is 5.29. The molecule has 0 saturated heterocycles. The van der Waals surface area contributed by atoms with Gasteiger partial charge in [0.15, 0.2) is 5.78 Å². The highest BCUT2D eigenvalue weighted by Gasteiger charge is 2.09. The van der Waals surface area contributed by atoms with Gasteiger partial charge in [-0.25, -0.2) is 4.98 Å². The Labute approximate surface area is 159 Å². The number of carbonyl (C=O) groups excluding carboxylic acids is 1. The number of benzene rings is 2. The molecule has 0 bridgehead atoms. The Morgan fingerprint density at radius 1 is 0.926 bits per heavy atom. The van der Waals surface area contributed by atoms with E-state index in [0.29, 0.717) is 17.3 Å². The van der Waals surface area contributed by atoms with Crippen LogP contribution in [-0.4, -0.2) is 15.8 Å². The Morgan fingerprint density at radius 3 is 2.19 bits per heavy atom. The maximum Gasteiger partial charge on any atom is 0.229 e. The number of rotatable bonds is 7. The van der Waals surface area contributed by atoms with Gasteiger partial charge in [-0.3, -0.25) is 4.79 Å². The van der Waals surface area contributed by atoms with Crippen LogP contribution in [0.2, 0.25) is 0 Å². The minimum Gasteiger partial charge on any atom is -0.340 e. The molecular formula is C22H24N4O. The minimum atomic E-state index is 0.0522. The first-order valence-electron chi connectivity index (χ1n) is 9.19. The molecule has 27 heavy (non-hydrogen) atoms. The van der Waals surface area contributed by atoms with Crippen LogP contribution in [0.15, 0.2) is 54.7 Å². The number of nitrogens with one attached hydrogen (secondary N) is 2. The van der Waals surface area contributed by atoms with Crippen molar-refractivity contribution in [2.45, 2.75) is 33.6 Å². The summed E-state index contributed by atoms with van der Waals surface area (Å²) >= 11 is 0. The average Bonchev–Trinajstić information content (AvgIpc) is 2.69. The van der Waals surface area contributed by atoms with Gasteiger partial charge in [-0.05, 0) is 61.2 Å². The van der Waals surface area contributed by atoms with Gasteiger partial charge >= 0.3 is 0 Å². The van der Waals surface area contributed by atoms with Crippen molar-refractivity contribution < 1.29 is 4.79 Å². The van der Waals surface area contributed by atoms with E-state index in [9.17, 15) is 4.79 Å². The molecule has 0 saturated carbocycles. The Kier molecular flexibility index (Phi) is 5.81. The molecule has 138 valence electrons. The van der Waals surface area contributed by atoms with Gasteiger partial charge in [-0.15, -0.1) is 0 Å². The van der Waals surface area contributed by atoms with Gasteiger partial charge in [0.05, 0.1) is 0 Å². The van der Waals surface area contributed by atoms with Crippen molar-refractivity contribution in [1.82, 2.24) is 9.97 Å². The summed E-state index contributed by atoms with van der Waals surface area (Å²) in [6.07, 6.45) is 3.61. The third-order valence-corrected chi connectivity index (χ3v) is 4.46. The minimum absolute atomic E-state index is 0.0522. The number of ketones is 1. The third kappa shape index (κ3) is 4.50. The summed E-state index contributed by atoms with van der Waals surface area (Å²) < 4.78 is 0. The highest BCUT2D eigenvalue weighted by molar-refractivity contribution is 5.94. The molecule has 0 atom stereocenters. The fourth-order valence-corrected chi connectivity index (χ4v) is 2.94. The Bertz CT molecular complexity index is 913. The second-order valence-electron chi connectivity index (χ2n) is 6.31. The van der Waals surface area contributed by atoms with Gasteiger partial charge < -0.3 is 10.6 Å². The summed E-state index contributed by atoms with van der Waals surface area (Å²) in [7, 11) is 0. The number of carbonyl (C=O) groups is 1. The van der Waals surface area contributed by atoms with E-state index in [0.717, 1.165) is 24.2 Å². The van der Waals surface area contributed by atoms with Gasteiger partial charge in [0, 0.05) is 23.1 Å². The smallest absolute Gasteiger partial charge is 0.229 e. The van der Waals surface area contributed by atoms with Crippen LogP contribution < -0.4 is 10.6 Å². The zero-order valence-electron chi connectivity index (χ0n) is 15.9. The first-order chi connectivity index (χ1) is 13.1. The third-order valence-electron chi connectivity index (χ3n) is 4.46. The second kappa shape index (κ2) is 8.45. The van der Waals surface area contributed by atoms with E-state index in [4.69, 9.17) is 0 Å². The zero-order valence-corrected chi connectivity index (χ0v) is 15.9. The summed E-state index contributed by atoms with van der Waals surface area (Å²) in [6.45, 7) is 5.84. The molecule has 0 aliphatic carbocycles. The normalized spacial score (nSPS) is 10.5. The molecule has 0 aliphatic rings. The summed E-state index contributed by atoms with van der Waals surface area (Å²) in [6, 6.07) is 15.5. The lowest BCUT2D eigenvalue weighted by atomic mass is 10.0. The molecule has 1 heterocycles. The Hall–Kier alpha value is -3.21. The van der Waals surface area contributed by atoms with Crippen LogP contribution >= 0.6 is 0 Å². The molecule has 3 aromatic rings. The zero-order chi connectivity index (χ0) is 19.2. The topological polar surface area (TPSA) is 66.9 Å². The standard InChI is InChI=1S/C22H24N4O/c1-4-16-7-6-8-17(5-2)21(16)26-22-23-14-13-20(25-22)24-19-11-9-18(10-12-19)15(3)27/h6-14H,4-5H2,1-3H3,(H2,23,24,25,26). The molecule has 0 fully saturated rings. The molecule has 0 radical (unpaired) electrons. The summed E-state index contributed by atoms with van der Waals surface area (Å²) in [5.41, 5.74) is 5.14. The maximum absolute atomic E-state index is 11.4. The summed E-state index contributed by atoms with van der Waals surface area (Å²) in [4.78, 5) is 20.3. The van der Waals surface area contributed by atoms with Gasteiger partial charge in [-0.1, -0.05) is 32.0 Å². The number of aromatic nitrogens is 2. The van der Waals surface area contributed by atoms with Crippen molar-refractivity contribution >= 4 is 28.9 Å². The number of para-hydroxylation sites is 1. The maximum atomic E-state index is 11.4. The first kappa shape index (κ1) is 18.6. The van der Waals surface area contributed by atoms with Crippen molar-refractivity contribution in [2.75, 3.05) is 10.6 Å². The lowest BCUT2D eigenvalue weighted by Crippen LogP contribution is -2.04. The van der Waals surface area contributed by atoms with Crippen LogP contribution in [0.3, 0.4) is 0 Å². The van der Waals surface area contributed by atoms with Gasteiger partial charge in [-0.2, -0.15) is 4.98 Å². The van der Waals surface area contributed by atoms with E-state index in [1.165, 1.54) is 11.1 Å². The van der Waals surface area contributed by atoms with E-state index < -0.39 is 0 Å². The van der Waals surface area contributed by atoms with Crippen molar-refractivity contribution in [2.24, 2.45) is 0 Å². The quantitative estimate of drug-likeness (QED) is 0.560. The van der Waals surface area contributed by atoms with Crippen molar-refractivity contribution in [3.8, 4) is 0 Å². The van der Waals surface area contributed by atoms with Crippen LogP contribution in [0.1, 0.15) is 42.3 Å². The number of hydrogen-bond acceptors (Lipinski definition) is 5. The molecule has 2 aromatic carbocycles. The lowest BCUT2D eigenvalue weighted by molar-refractivity contribution is 0.101. The molecule has 0 spiro atoms. The molecule has 0 amide bonds. The molecule has 0 aliphatic heterocycles. The molecule has 5 heteroatoms. The van der Waals surface area contributed by atoms with Crippen LogP contribution in [0.25, 0.3) is 0 Å². The van der Waals surface area contributed by atoms with E-state index in [2.05, 4.69) is 52.6 Å². The summed E-state index contributed by atoms with van der Waals surface area (Å²) in [5, 5.41) is 6.64. The van der Waals surface area contributed by atoms with Crippen LogP contribution in [0.5, 0.6) is 0 Å². The predicted molar refractivity (Wildman–Crippen MR) is 110 cm³/mol. The summed E-state index contributed by atoms with van der Waals surface area (Å²) in [5.74, 6) is 1.29. The average molecular weight is 360 g/mol. The monoisotopic (exact) mass is 360 g/mol. The molecule has 3 rings (SSSR count). The lowest BCUT2D eigenvalue weighted by Gasteiger charge is -2.15. The van der Waals surface area contributed by atoms with Crippen LogP contribution in [0.4, 0.5) is 23.1 Å². The molecule has 0 unspecified atom stereocenters. The van der Waals surface area contributed by atoms with E-state index >= 15 is 0 Å². The van der Waals surface area contributed by atoms with Gasteiger partial charge in [0.2, 0.25) is 5.95 Å². The molecule has 2 N–H and O–H groups in total. The Balaban J connectivity index is 1.81. The number of nitrogens with zero attached hydrogens (tertiary/aromatic N) is 2.